The molecular weight excluding hydrogens is 236 g/mol. The summed E-state index contributed by atoms with van der Waals surface area (Å²) in [6.07, 6.45) is 4.37. The normalized spacial score (nSPS) is 15.6. The Morgan fingerprint density at radius 2 is 2.29 bits per heavy atom. The Hall–Kier alpha value is -1.27. The van der Waals surface area contributed by atoms with Crippen molar-refractivity contribution in [3.63, 3.8) is 0 Å². The van der Waals surface area contributed by atoms with E-state index in [-0.39, 0.29) is 0 Å². The van der Waals surface area contributed by atoms with Crippen molar-refractivity contribution in [1.29, 1.82) is 0 Å². The van der Waals surface area contributed by atoms with E-state index in [4.69, 9.17) is 4.42 Å². The highest BCUT2D eigenvalue weighted by Gasteiger charge is 2.30. The van der Waals surface area contributed by atoms with Crippen LogP contribution in [0.15, 0.2) is 16.0 Å². The summed E-state index contributed by atoms with van der Waals surface area (Å²) in [6, 6.07) is 0.658. The molecule has 0 spiro atoms. The molecule has 5 nitrogen and oxygen atoms in total. The highest BCUT2D eigenvalue weighted by molar-refractivity contribution is 7.09. The first-order chi connectivity index (χ1) is 8.31. The molecule has 2 aromatic rings. The van der Waals surface area contributed by atoms with Crippen molar-refractivity contribution in [2.45, 2.75) is 38.9 Å². The fourth-order valence-corrected chi connectivity index (χ4v) is 2.47. The van der Waals surface area contributed by atoms with Crippen LogP contribution in [0, 0.1) is 6.92 Å². The summed E-state index contributed by atoms with van der Waals surface area (Å²) in [5.41, 5.74) is 0. The molecule has 0 N–H and O–H groups in total. The van der Waals surface area contributed by atoms with Crippen molar-refractivity contribution in [2.75, 3.05) is 0 Å². The molecule has 1 aliphatic rings. The molecule has 6 heteroatoms. The van der Waals surface area contributed by atoms with Gasteiger partial charge in [0.25, 0.3) is 0 Å². The van der Waals surface area contributed by atoms with Crippen LogP contribution in [0.4, 0.5) is 0 Å². The average molecular weight is 250 g/mol. The van der Waals surface area contributed by atoms with E-state index < -0.39 is 0 Å². The zero-order chi connectivity index (χ0) is 11.7. The number of thiazole rings is 1. The molecule has 90 valence electrons. The molecule has 17 heavy (non-hydrogen) atoms. The lowest BCUT2D eigenvalue weighted by molar-refractivity contribution is 0.219. The summed E-state index contributed by atoms with van der Waals surface area (Å²) in [4.78, 5) is 6.69. The monoisotopic (exact) mass is 250 g/mol. The predicted molar refractivity (Wildman–Crippen MR) is 63.4 cm³/mol. The number of rotatable bonds is 5. The standard InChI is InChI=1S/C11H14N4OS/c1-8-13-14-10(16-8)6-15(9-2-3-9)7-11-12-4-5-17-11/h4-5,9H,2-3,6-7H2,1H3. The first-order valence-electron chi connectivity index (χ1n) is 5.72. The molecule has 1 fully saturated rings. The van der Waals surface area contributed by atoms with Gasteiger partial charge in [0, 0.05) is 24.5 Å². The van der Waals surface area contributed by atoms with Gasteiger partial charge >= 0.3 is 0 Å². The molecule has 0 amide bonds. The van der Waals surface area contributed by atoms with Crippen molar-refractivity contribution >= 4 is 11.3 Å². The third-order valence-electron chi connectivity index (χ3n) is 2.79. The Balaban J connectivity index is 1.68. The highest BCUT2D eigenvalue weighted by atomic mass is 32.1. The van der Waals surface area contributed by atoms with Gasteiger partial charge in [0.2, 0.25) is 11.8 Å². The van der Waals surface area contributed by atoms with Crippen LogP contribution in [0.25, 0.3) is 0 Å². The van der Waals surface area contributed by atoms with E-state index in [0.717, 1.165) is 18.1 Å². The van der Waals surface area contributed by atoms with E-state index in [1.165, 1.54) is 12.8 Å². The molecule has 0 atom stereocenters. The second-order valence-corrected chi connectivity index (χ2v) is 5.26. The summed E-state index contributed by atoms with van der Waals surface area (Å²) in [7, 11) is 0. The lowest BCUT2D eigenvalue weighted by Gasteiger charge is -2.18. The lowest BCUT2D eigenvalue weighted by atomic mass is 10.4. The molecule has 0 aromatic carbocycles. The summed E-state index contributed by atoms with van der Waals surface area (Å²) >= 11 is 1.69. The van der Waals surface area contributed by atoms with E-state index in [2.05, 4.69) is 20.1 Å². The van der Waals surface area contributed by atoms with Gasteiger partial charge in [-0.05, 0) is 12.8 Å². The topological polar surface area (TPSA) is 55.1 Å². The van der Waals surface area contributed by atoms with Crippen LogP contribution < -0.4 is 0 Å². The first-order valence-corrected chi connectivity index (χ1v) is 6.60. The molecular formula is C11H14N4OS. The minimum Gasteiger partial charge on any atom is -0.424 e. The summed E-state index contributed by atoms with van der Waals surface area (Å²) in [5.74, 6) is 1.33. The maximum atomic E-state index is 5.43. The van der Waals surface area contributed by atoms with Crippen LogP contribution in [0.3, 0.4) is 0 Å². The molecule has 2 aromatic heterocycles. The van der Waals surface area contributed by atoms with Crippen molar-refractivity contribution in [1.82, 2.24) is 20.1 Å². The quantitative estimate of drug-likeness (QED) is 0.812. The van der Waals surface area contributed by atoms with Gasteiger partial charge in [-0.15, -0.1) is 21.5 Å². The number of aryl methyl sites for hydroxylation is 1. The van der Waals surface area contributed by atoms with Crippen molar-refractivity contribution in [3.8, 4) is 0 Å². The number of hydrogen-bond donors (Lipinski definition) is 0. The largest absolute Gasteiger partial charge is 0.424 e. The van der Waals surface area contributed by atoms with E-state index in [0.29, 0.717) is 17.8 Å². The molecule has 3 rings (SSSR count). The fraction of sp³-hybridized carbons (Fsp3) is 0.545. The van der Waals surface area contributed by atoms with Crippen LogP contribution in [0.2, 0.25) is 0 Å². The second kappa shape index (κ2) is 4.54. The van der Waals surface area contributed by atoms with Crippen molar-refractivity contribution in [3.05, 3.63) is 28.4 Å². The number of nitrogens with zero attached hydrogens (tertiary/aromatic N) is 4. The summed E-state index contributed by atoms with van der Waals surface area (Å²) < 4.78 is 5.43. The van der Waals surface area contributed by atoms with Gasteiger partial charge < -0.3 is 4.42 Å². The Kier molecular flexibility index (Phi) is 2.90. The third-order valence-corrected chi connectivity index (χ3v) is 3.56. The molecule has 0 bridgehead atoms. The van der Waals surface area contributed by atoms with E-state index in [1.54, 1.807) is 11.3 Å². The summed E-state index contributed by atoms with van der Waals surface area (Å²) in [5, 5.41) is 11.1. The van der Waals surface area contributed by atoms with Gasteiger partial charge in [0.05, 0.1) is 13.1 Å². The molecule has 1 saturated carbocycles. The van der Waals surface area contributed by atoms with E-state index in [9.17, 15) is 0 Å². The van der Waals surface area contributed by atoms with Crippen LogP contribution in [0.5, 0.6) is 0 Å². The summed E-state index contributed by atoms with van der Waals surface area (Å²) in [6.45, 7) is 3.42. The average Bonchev–Trinajstić information content (AvgIpc) is 2.89. The maximum absolute atomic E-state index is 5.43. The van der Waals surface area contributed by atoms with Gasteiger partial charge in [0.15, 0.2) is 0 Å². The SMILES string of the molecule is Cc1nnc(CN(Cc2nccs2)C2CC2)o1. The minimum atomic E-state index is 0.630. The van der Waals surface area contributed by atoms with Crippen LogP contribution in [-0.2, 0) is 13.1 Å². The lowest BCUT2D eigenvalue weighted by Crippen LogP contribution is -2.25. The molecule has 0 unspecified atom stereocenters. The first kappa shape index (κ1) is 10.9. The van der Waals surface area contributed by atoms with E-state index >= 15 is 0 Å². The molecule has 0 radical (unpaired) electrons. The zero-order valence-electron chi connectivity index (χ0n) is 9.67. The van der Waals surface area contributed by atoms with E-state index in [1.807, 2.05) is 18.5 Å². The predicted octanol–water partition coefficient (Wildman–Crippen LogP) is 2.00. The molecule has 1 aliphatic carbocycles. The third kappa shape index (κ3) is 2.70. The Labute approximate surface area is 103 Å². The Morgan fingerprint density at radius 3 is 2.88 bits per heavy atom. The van der Waals surface area contributed by atoms with Crippen molar-refractivity contribution < 1.29 is 4.42 Å². The highest BCUT2D eigenvalue weighted by Crippen LogP contribution is 2.29. The maximum Gasteiger partial charge on any atom is 0.230 e. The smallest absolute Gasteiger partial charge is 0.230 e. The second-order valence-electron chi connectivity index (χ2n) is 4.28. The van der Waals surface area contributed by atoms with Crippen LogP contribution >= 0.6 is 11.3 Å². The Bertz CT molecular complexity index is 477. The van der Waals surface area contributed by atoms with Gasteiger partial charge in [-0.1, -0.05) is 0 Å². The number of hydrogen-bond acceptors (Lipinski definition) is 6. The fourth-order valence-electron chi connectivity index (χ4n) is 1.83. The molecule has 0 saturated heterocycles. The van der Waals surface area contributed by atoms with Crippen molar-refractivity contribution in [2.24, 2.45) is 0 Å². The van der Waals surface area contributed by atoms with Crippen LogP contribution in [0.1, 0.15) is 29.6 Å². The number of aromatic nitrogens is 3. The molecule has 2 heterocycles. The zero-order valence-corrected chi connectivity index (χ0v) is 10.5. The van der Waals surface area contributed by atoms with Gasteiger partial charge in [-0.2, -0.15) is 0 Å². The van der Waals surface area contributed by atoms with Gasteiger partial charge in [0.1, 0.15) is 5.01 Å². The van der Waals surface area contributed by atoms with Gasteiger partial charge in [-0.3, -0.25) is 4.90 Å². The van der Waals surface area contributed by atoms with Gasteiger partial charge in [-0.25, -0.2) is 4.98 Å². The van der Waals surface area contributed by atoms with Crippen LogP contribution in [-0.4, -0.2) is 26.1 Å². The minimum absolute atomic E-state index is 0.630. The Morgan fingerprint density at radius 1 is 1.41 bits per heavy atom. The molecule has 0 aliphatic heterocycles.